The van der Waals surface area contributed by atoms with E-state index in [9.17, 15) is 4.79 Å². The first-order chi connectivity index (χ1) is 17.4. The van der Waals surface area contributed by atoms with Crippen LogP contribution in [-0.2, 0) is 15.8 Å². The molecular weight excluding hydrogens is 484 g/mol. The maximum atomic E-state index is 13.1. The number of carbonyl (C=O) groups excluding carboxylic acids is 1. The topological polar surface area (TPSA) is 101 Å². The smallest absolute Gasteiger partial charge is 0.410 e. The number of hydrogen-bond acceptors (Lipinski definition) is 6. The van der Waals surface area contributed by atoms with Crippen LogP contribution in [0.15, 0.2) is 59.8 Å². The first-order valence-corrected chi connectivity index (χ1v) is 15.7. The van der Waals surface area contributed by atoms with Crippen molar-refractivity contribution in [3.8, 4) is 0 Å². The number of nitrogens with zero attached hydrogens (tertiary/aromatic N) is 3. The summed E-state index contributed by atoms with van der Waals surface area (Å²) in [5.74, 6) is 0.0268. The van der Waals surface area contributed by atoms with Gasteiger partial charge in [-0.1, -0.05) is 74.5 Å². The maximum absolute atomic E-state index is 13.1. The molecule has 202 valence electrons. The molecule has 1 amide bonds. The van der Waals surface area contributed by atoms with Crippen molar-refractivity contribution in [1.29, 1.82) is 0 Å². The summed E-state index contributed by atoms with van der Waals surface area (Å²) in [6.07, 6.45) is 0.739. The molecule has 0 aliphatic carbocycles. The second-order valence-corrected chi connectivity index (χ2v) is 16.1. The van der Waals surface area contributed by atoms with E-state index in [2.05, 4.69) is 43.9 Å². The van der Waals surface area contributed by atoms with Crippen LogP contribution in [0.1, 0.15) is 49.9 Å². The SMILES string of the molecule is CN(C(=O)OCc1ccccc1)C(CN1CCC(O[Si](C)(C)C(C)(C)C)C1)c1cccc(/C(N)=N/O)c1. The summed E-state index contributed by atoms with van der Waals surface area (Å²) >= 11 is 0. The minimum absolute atomic E-state index is 0.0268. The Morgan fingerprint density at radius 2 is 1.92 bits per heavy atom. The van der Waals surface area contributed by atoms with Crippen molar-refractivity contribution in [2.75, 3.05) is 26.7 Å². The van der Waals surface area contributed by atoms with Gasteiger partial charge in [-0.2, -0.15) is 0 Å². The monoisotopic (exact) mass is 526 g/mol. The minimum Gasteiger partial charge on any atom is -0.445 e. The van der Waals surface area contributed by atoms with Crippen LogP contribution in [0.3, 0.4) is 0 Å². The third-order valence-electron chi connectivity index (χ3n) is 7.56. The summed E-state index contributed by atoms with van der Waals surface area (Å²) in [5, 5.41) is 12.5. The lowest BCUT2D eigenvalue weighted by Crippen LogP contribution is -2.45. The predicted molar refractivity (Wildman–Crippen MR) is 149 cm³/mol. The number of rotatable bonds is 9. The number of nitrogens with two attached hydrogens (primary N) is 1. The number of ether oxygens (including phenoxy) is 1. The van der Waals surface area contributed by atoms with Gasteiger partial charge in [-0.25, -0.2) is 4.79 Å². The number of benzene rings is 2. The van der Waals surface area contributed by atoms with Crippen LogP contribution in [0.5, 0.6) is 0 Å². The molecule has 37 heavy (non-hydrogen) atoms. The standard InChI is InChI=1S/C28H42N4O4Si/c1-28(2,3)37(5,6)36-24-15-16-32(18-24)19-25(22-13-10-14-23(17-22)26(29)30-34)31(4)27(33)35-20-21-11-8-7-9-12-21/h7-14,17,24-25,34H,15-16,18-20H2,1-6H3,(H2,29,30). The molecule has 3 N–H and O–H groups in total. The van der Waals surface area contributed by atoms with Crippen molar-refractivity contribution in [3.05, 3.63) is 71.3 Å². The van der Waals surface area contributed by atoms with Crippen molar-refractivity contribution in [3.63, 3.8) is 0 Å². The zero-order valence-electron chi connectivity index (χ0n) is 23.0. The average Bonchev–Trinajstić information content (AvgIpc) is 3.31. The summed E-state index contributed by atoms with van der Waals surface area (Å²) in [5.41, 5.74) is 8.27. The highest BCUT2D eigenvalue weighted by molar-refractivity contribution is 6.74. The van der Waals surface area contributed by atoms with Crippen molar-refractivity contribution in [2.24, 2.45) is 10.9 Å². The molecule has 1 saturated heterocycles. The third-order valence-corrected chi connectivity index (χ3v) is 12.1. The van der Waals surface area contributed by atoms with E-state index < -0.39 is 14.4 Å². The molecule has 0 radical (unpaired) electrons. The molecule has 2 atom stereocenters. The van der Waals surface area contributed by atoms with Gasteiger partial charge in [0.05, 0.1) is 12.1 Å². The Morgan fingerprint density at radius 1 is 1.22 bits per heavy atom. The summed E-state index contributed by atoms with van der Waals surface area (Å²) in [7, 11) is -0.115. The number of carbonyl (C=O) groups is 1. The lowest BCUT2D eigenvalue weighted by Gasteiger charge is -2.38. The van der Waals surface area contributed by atoms with Crippen molar-refractivity contribution in [1.82, 2.24) is 9.80 Å². The molecule has 0 bridgehead atoms. The Labute approximate surface area is 222 Å². The van der Waals surface area contributed by atoms with E-state index in [1.165, 1.54) is 0 Å². The van der Waals surface area contributed by atoms with E-state index in [4.69, 9.17) is 20.1 Å². The molecule has 2 aromatic rings. The van der Waals surface area contributed by atoms with Gasteiger partial charge in [0, 0.05) is 32.2 Å². The lowest BCUT2D eigenvalue weighted by molar-refractivity contribution is 0.0819. The summed E-state index contributed by atoms with van der Waals surface area (Å²) < 4.78 is 12.3. The van der Waals surface area contributed by atoms with Gasteiger partial charge in [-0.15, -0.1) is 0 Å². The van der Waals surface area contributed by atoms with Crippen molar-refractivity contribution in [2.45, 2.75) is 64.1 Å². The van der Waals surface area contributed by atoms with E-state index >= 15 is 0 Å². The third kappa shape index (κ3) is 7.56. The molecule has 1 aliphatic heterocycles. The van der Waals surface area contributed by atoms with Gasteiger partial charge in [-0.3, -0.25) is 4.90 Å². The van der Waals surface area contributed by atoms with Crippen molar-refractivity contribution >= 4 is 20.2 Å². The number of oxime groups is 1. The molecular formula is C28H42N4O4Si. The Hall–Kier alpha value is -2.88. The molecule has 8 nitrogen and oxygen atoms in total. The highest BCUT2D eigenvalue weighted by Gasteiger charge is 2.41. The first-order valence-electron chi connectivity index (χ1n) is 12.8. The fourth-order valence-electron chi connectivity index (χ4n) is 4.26. The highest BCUT2D eigenvalue weighted by atomic mass is 28.4. The normalized spacial score (nSPS) is 18.0. The van der Waals surface area contributed by atoms with Gasteiger partial charge in [-0.05, 0) is 41.7 Å². The molecule has 9 heteroatoms. The highest BCUT2D eigenvalue weighted by Crippen LogP contribution is 2.38. The number of likely N-dealkylation sites (N-methyl/N-ethyl adjacent to an activating group) is 1. The van der Waals surface area contributed by atoms with Gasteiger partial charge in [0.25, 0.3) is 0 Å². The number of hydrogen-bond donors (Lipinski definition) is 2. The zero-order valence-corrected chi connectivity index (χ0v) is 24.0. The van der Waals surface area contributed by atoms with Gasteiger partial charge in [0.15, 0.2) is 14.2 Å². The van der Waals surface area contributed by atoms with Crippen LogP contribution in [0.2, 0.25) is 18.1 Å². The van der Waals surface area contributed by atoms with E-state index in [0.29, 0.717) is 12.1 Å². The molecule has 2 aromatic carbocycles. The van der Waals surface area contributed by atoms with Gasteiger partial charge >= 0.3 is 6.09 Å². The first kappa shape index (κ1) is 28.7. The molecule has 1 aliphatic rings. The maximum Gasteiger partial charge on any atom is 0.410 e. The predicted octanol–water partition coefficient (Wildman–Crippen LogP) is 5.19. The van der Waals surface area contributed by atoms with Crippen LogP contribution >= 0.6 is 0 Å². The largest absolute Gasteiger partial charge is 0.445 e. The van der Waals surface area contributed by atoms with Crippen LogP contribution in [0.4, 0.5) is 4.79 Å². The fourth-order valence-corrected chi connectivity index (χ4v) is 5.64. The van der Waals surface area contributed by atoms with Crippen molar-refractivity contribution < 1.29 is 19.2 Å². The lowest BCUT2D eigenvalue weighted by atomic mass is 10.0. The fraction of sp³-hybridized carbons (Fsp3) is 0.500. The van der Waals surface area contributed by atoms with Crippen LogP contribution < -0.4 is 5.73 Å². The number of amides is 1. The Balaban J connectivity index is 1.77. The average molecular weight is 527 g/mol. The quantitative estimate of drug-likeness (QED) is 0.153. The van der Waals surface area contributed by atoms with E-state index in [0.717, 1.165) is 30.6 Å². The molecule has 0 aromatic heterocycles. The van der Waals surface area contributed by atoms with Gasteiger partial charge in [0.2, 0.25) is 0 Å². The molecule has 2 unspecified atom stereocenters. The zero-order chi connectivity index (χ0) is 27.2. The van der Waals surface area contributed by atoms with E-state index in [1.807, 2.05) is 48.5 Å². The summed E-state index contributed by atoms with van der Waals surface area (Å²) in [4.78, 5) is 17.1. The van der Waals surface area contributed by atoms with Gasteiger partial charge in [0.1, 0.15) is 6.61 Å². The van der Waals surface area contributed by atoms with Crippen LogP contribution in [0, 0.1) is 0 Å². The van der Waals surface area contributed by atoms with Crippen LogP contribution in [-0.4, -0.2) is 68.0 Å². The minimum atomic E-state index is -1.87. The Morgan fingerprint density at radius 3 is 2.57 bits per heavy atom. The van der Waals surface area contributed by atoms with E-state index in [1.54, 1.807) is 18.0 Å². The summed E-state index contributed by atoms with van der Waals surface area (Å²) in [6, 6.07) is 16.8. The van der Waals surface area contributed by atoms with E-state index in [-0.39, 0.29) is 29.6 Å². The second kappa shape index (κ2) is 12.1. The van der Waals surface area contributed by atoms with Crippen LogP contribution in [0.25, 0.3) is 0 Å². The Kier molecular flexibility index (Phi) is 9.39. The molecule has 1 heterocycles. The van der Waals surface area contributed by atoms with Gasteiger partial charge < -0.3 is 25.0 Å². The number of amidine groups is 1. The molecule has 0 saturated carbocycles. The molecule has 3 rings (SSSR count). The second-order valence-electron chi connectivity index (χ2n) is 11.3. The summed E-state index contributed by atoms with van der Waals surface area (Å²) in [6.45, 7) is 13.9. The Bertz CT molecular complexity index is 1070. The molecule has 1 fully saturated rings. The number of likely N-dealkylation sites (tertiary alicyclic amines) is 1. The molecule has 0 spiro atoms.